The van der Waals surface area contributed by atoms with Crippen molar-refractivity contribution in [3.63, 3.8) is 0 Å². The highest BCUT2D eigenvalue weighted by Gasteiger charge is 2.32. The molecule has 2 aromatic rings. The third-order valence-electron chi connectivity index (χ3n) is 3.67. The number of nitrogens with one attached hydrogen (secondary N) is 1. The van der Waals surface area contributed by atoms with Crippen molar-refractivity contribution in [1.82, 2.24) is 4.90 Å². The number of benzene rings is 2. The first kappa shape index (κ1) is 13.6. The second kappa shape index (κ2) is 5.97. The van der Waals surface area contributed by atoms with Gasteiger partial charge in [-0.25, -0.2) is 0 Å². The highest BCUT2D eigenvalue weighted by Crippen LogP contribution is 2.32. The SMILES string of the molecule is COCCN1C(=O)c2ccccc2N[C@@H]1c1ccccc1. The number of hydrogen-bond acceptors (Lipinski definition) is 3. The monoisotopic (exact) mass is 282 g/mol. The zero-order valence-corrected chi connectivity index (χ0v) is 12.0. The standard InChI is InChI=1S/C17H18N2O2/c1-21-12-11-19-16(13-7-3-2-4-8-13)18-15-10-6-5-9-14(15)17(19)20/h2-10,16,18H,11-12H2,1H3/t16-/m0/s1. The number of carbonyl (C=O) groups is 1. The predicted octanol–water partition coefficient (Wildman–Crippen LogP) is 2.90. The zero-order valence-electron chi connectivity index (χ0n) is 12.0. The number of methoxy groups -OCH3 is 1. The summed E-state index contributed by atoms with van der Waals surface area (Å²) in [6.45, 7) is 1.06. The molecule has 21 heavy (non-hydrogen) atoms. The largest absolute Gasteiger partial charge is 0.383 e. The Hall–Kier alpha value is -2.33. The van der Waals surface area contributed by atoms with Crippen molar-refractivity contribution in [3.05, 3.63) is 65.7 Å². The van der Waals surface area contributed by atoms with Gasteiger partial charge in [0, 0.05) is 19.3 Å². The molecule has 1 N–H and O–H groups in total. The highest BCUT2D eigenvalue weighted by molar-refractivity contribution is 6.01. The summed E-state index contributed by atoms with van der Waals surface area (Å²) >= 11 is 0. The molecule has 0 saturated carbocycles. The molecule has 4 heteroatoms. The second-order valence-corrected chi connectivity index (χ2v) is 4.99. The van der Waals surface area contributed by atoms with Gasteiger partial charge < -0.3 is 15.0 Å². The molecule has 0 saturated heterocycles. The van der Waals surface area contributed by atoms with Crippen molar-refractivity contribution in [2.75, 3.05) is 25.6 Å². The van der Waals surface area contributed by atoms with Crippen LogP contribution in [0.2, 0.25) is 0 Å². The Morgan fingerprint density at radius 2 is 1.81 bits per heavy atom. The van der Waals surface area contributed by atoms with Crippen LogP contribution in [-0.4, -0.2) is 31.1 Å². The Kier molecular flexibility index (Phi) is 3.88. The van der Waals surface area contributed by atoms with Gasteiger partial charge in [0.2, 0.25) is 0 Å². The number of carbonyl (C=O) groups excluding carboxylic acids is 1. The third kappa shape index (κ3) is 2.62. The quantitative estimate of drug-likeness (QED) is 0.937. The van der Waals surface area contributed by atoms with E-state index >= 15 is 0 Å². The van der Waals surface area contributed by atoms with Gasteiger partial charge >= 0.3 is 0 Å². The summed E-state index contributed by atoms with van der Waals surface area (Å²) in [5.41, 5.74) is 2.65. The summed E-state index contributed by atoms with van der Waals surface area (Å²) in [4.78, 5) is 14.6. The summed E-state index contributed by atoms with van der Waals surface area (Å²) in [5.74, 6) is 0.0373. The van der Waals surface area contributed by atoms with E-state index < -0.39 is 0 Å². The van der Waals surface area contributed by atoms with Gasteiger partial charge in [-0.2, -0.15) is 0 Å². The van der Waals surface area contributed by atoms with Crippen molar-refractivity contribution in [2.45, 2.75) is 6.17 Å². The fraction of sp³-hybridized carbons (Fsp3) is 0.235. The van der Waals surface area contributed by atoms with E-state index in [1.165, 1.54) is 0 Å². The lowest BCUT2D eigenvalue weighted by molar-refractivity contribution is 0.0609. The van der Waals surface area contributed by atoms with E-state index in [0.29, 0.717) is 18.7 Å². The zero-order chi connectivity index (χ0) is 14.7. The van der Waals surface area contributed by atoms with Crippen LogP contribution in [0.3, 0.4) is 0 Å². The molecule has 108 valence electrons. The third-order valence-corrected chi connectivity index (χ3v) is 3.67. The van der Waals surface area contributed by atoms with Gasteiger partial charge in [0.1, 0.15) is 6.17 Å². The van der Waals surface area contributed by atoms with E-state index in [9.17, 15) is 4.79 Å². The topological polar surface area (TPSA) is 41.6 Å². The number of anilines is 1. The molecular formula is C17H18N2O2. The molecule has 3 rings (SSSR count). The average Bonchev–Trinajstić information content (AvgIpc) is 2.55. The molecule has 1 aliphatic heterocycles. The van der Waals surface area contributed by atoms with Gasteiger partial charge in [0.05, 0.1) is 12.2 Å². The summed E-state index contributed by atoms with van der Waals surface area (Å²) < 4.78 is 5.14. The molecule has 1 aliphatic rings. The first-order chi connectivity index (χ1) is 10.3. The minimum absolute atomic E-state index is 0.0373. The molecule has 1 heterocycles. The number of rotatable bonds is 4. The normalized spacial score (nSPS) is 17.3. The summed E-state index contributed by atoms with van der Waals surface area (Å²) in [6.07, 6.45) is -0.163. The fourth-order valence-electron chi connectivity index (χ4n) is 2.61. The number of fused-ring (bicyclic) bond motifs is 1. The van der Waals surface area contributed by atoms with Crippen LogP contribution in [0.25, 0.3) is 0 Å². The van der Waals surface area contributed by atoms with E-state index in [1.807, 2.05) is 59.5 Å². The average molecular weight is 282 g/mol. The Balaban J connectivity index is 1.99. The number of para-hydroxylation sites is 1. The molecule has 0 aromatic heterocycles. The molecule has 4 nitrogen and oxygen atoms in total. The van der Waals surface area contributed by atoms with E-state index in [-0.39, 0.29) is 12.1 Å². The lowest BCUT2D eigenvalue weighted by atomic mass is 10.0. The van der Waals surface area contributed by atoms with Crippen molar-refractivity contribution in [1.29, 1.82) is 0 Å². The fourth-order valence-corrected chi connectivity index (χ4v) is 2.61. The summed E-state index contributed by atoms with van der Waals surface area (Å²) in [5, 5.41) is 3.45. The number of nitrogens with zero attached hydrogens (tertiary/aromatic N) is 1. The van der Waals surface area contributed by atoms with Gasteiger partial charge in [-0.15, -0.1) is 0 Å². The van der Waals surface area contributed by atoms with Crippen LogP contribution in [0, 0.1) is 0 Å². The molecule has 1 amide bonds. The van der Waals surface area contributed by atoms with Crippen LogP contribution < -0.4 is 5.32 Å². The van der Waals surface area contributed by atoms with Crippen molar-refractivity contribution in [2.24, 2.45) is 0 Å². The minimum Gasteiger partial charge on any atom is -0.383 e. The van der Waals surface area contributed by atoms with Gasteiger partial charge in [0.15, 0.2) is 0 Å². The number of ether oxygens (including phenoxy) is 1. The molecule has 2 aromatic carbocycles. The number of hydrogen-bond donors (Lipinski definition) is 1. The van der Waals surface area contributed by atoms with Crippen LogP contribution in [0.4, 0.5) is 5.69 Å². The van der Waals surface area contributed by atoms with Crippen LogP contribution in [-0.2, 0) is 4.74 Å². The molecule has 1 atom stereocenters. The van der Waals surface area contributed by atoms with Crippen molar-refractivity contribution >= 4 is 11.6 Å². The molecule has 0 aliphatic carbocycles. The van der Waals surface area contributed by atoms with E-state index in [0.717, 1.165) is 11.3 Å². The Labute approximate surface area is 124 Å². The van der Waals surface area contributed by atoms with E-state index in [2.05, 4.69) is 5.32 Å². The molecule has 0 unspecified atom stereocenters. The molecule has 0 fully saturated rings. The second-order valence-electron chi connectivity index (χ2n) is 4.99. The smallest absolute Gasteiger partial charge is 0.257 e. The highest BCUT2D eigenvalue weighted by atomic mass is 16.5. The van der Waals surface area contributed by atoms with Crippen molar-refractivity contribution in [3.8, 4) is 0 Å². The van der Waals surface area contributed by atoms with E-state index in [1.54, 1.807) is 7.11 Å². The van der Waals surface area contributed by atoms with Crippen molar-refractivity contribution < 1.29 is 9.53 Å². The Morgan fingerprint density at radius 1 is 1.10 bits per heavy atom. The van der Waals surface area contributed by atoms with Gasteiger partial charge in [-0.1, -0.05) is 42.5 Å². The maximum absolute atomic E-state index is 12.7. The van der Waals surface area contributed by atoms with Gasteiger partial charge in [0.25, 0.3) is 5.91 Å². The molecule has 0 spiro atoms. The van der Waals surface area contributed by atoms with Gasteiger partial charge in [-0.05, 0) is 17.7 Å². The predicted molar refractivity (Wildman–Crippen MR) is 82.2 cm³/mol. The van der Waals surface area contributed by atoms with E-state index in [4.69, 9.17) is 4.74 Å². The maximum atomic E-state index is 12.7. The first-order valence-electron chi connectivity index (χ1n) is 7.01. The number of amides is 1. The Morgan fingerprint density at radius 3 is 2.57 bits per heavy atom. The van der Waals surface area contributed by atoms with Crippen LogP contribution in [0.5, 0.6) is 0 Å². The Bertz CT molecular complexity index is 628. The van der Waals surface area contributed by atoms with Crippen LogP contribution in [0.1, 0.15) is 22.1 Å². The summed E-state index contributed by atoms with van der Waals surface area (Å²) in [6, 6.07) is 17.6. The first-order valence-corrected chi connectivity index (χ1v) is 7.01. The molecular weight excluding hydrogens is 264 g/mol. The van der Waals surface area contributed by atoms with Crippen LogP contribution in [0.15, 0.2) is 54.6 Å². The van der Waals surface area contributed by atoms with Gasteiger partial charge in [-0.3, -0.25) is 4.79 Å². The lowest BCUT2D eigenvalue weighted by Crippen LogP contribution is -2.44. The maximum Gasteiger partial charge on any atom is 0.257 e. The van der Waals surface area contributed by atoms with Crippen LogP contribution >= 0.6 is 0 Å². The summed E-state index contributed by atoms with van der Waals surface area (Å²) in [7, 11) is 1.65. The molecule has 0 bridgehead atoms. The molecule has 0 radical (unpaired) electrons. The minimum atomic E-state index is -0.163. The lowest BCUT2D eigenvalue weighted by Gasteiger charge is -2.38.